The molecule has 0 radical (unpaired) electrons. The number of halogens is 1. The number of benzene rings is 1. The van der Waals surface area contributed by atoms with Crippen molar-refractivity contribution in [3.05, 3.63) is 28.2 Å². The molecule has 2 N–H and O–H groups in total. The van der Waals surface area contributed by atoms with Crippen molar-refractivity contribution in [3.8, 4) is 0 Å². The highest BCUT2D eigenvalue weighted by Gasteiger charge is 2.13. The summed E-state index contributed by atoms with van der Waals surface area (Å²) in [6, 6.07) is 5.00. The second kappa shape index (κ2) is 7.23. The Morgan fingerprint density at radius 3 is 2.56 bits per heavy atom. The minimum absolute atomic E-state index is 0.304. The molecule has 0 heterocycles. The number of sulfonamides is 1. The first-order valence-electron chi connectivity index (χ1n) is 5.94. The number of nitrogens with one attached hydrogen (secondary N) is 2. The van der Waals surface area contributed by atoms with Crippen molar-refractivity contribution in [2.45, 2.75) is 25.2 Å². The fourth-order valence-corrected chi connectivity index (χ4v) is 2.81. The molecule has 4 nitrogen and oxygen atoms in total. The largest absolute Gasteiger partial charge is 0.315 e. The fraction of sp³-hybridized carbons (Fsp3) is 0.500. The van der Waals surface area contributed by atoms with Gasteiger partial charge in [-0.15, -0.1) is 0 Å². The molecule has 1 aromatic rings. The lowest BCUT2D eigenvalue weighted by Gasteiger charge is -2.08. The van der Waals surface area contributed by atoms with Crippen molar-refractivity contribution >= 4 is 26.0 Å². The van der Waals surface area contributed by atoms with E-state index in [1.807, 2.05) is 6.92 Å². The molecule has 0 aliphatic rings. The topological polar surface area (TPSA) is 58.2 Å². The highest BCUT2D eigenvalue weighted by Crippen LogP contribution is 2.19. The Hall–Kier alpha value is -0.430. The van der Waals surface area contributed by atoms with Crippen molar-refractivity contribution < 1.29 is 8.42 Å². The first-order valence-corrected chi connectivity index (χ1v) is 8.21. The minimum atomic E-state index is -3.40. The first-order chi connectivity index (χ1) is 8.47. The normalized spacial score (nSPS) is 11.7. The van der Waals surface area contributed by atoms with Gasteiger partial charge in [0.05, 0.1) is 4.90 Å². The second-order valence-corrected chi connectivity index (χ2v) is 6.68. The third-order valence-electron chi connectivity index (χ3n) is 2.46. The molecule has 0 saturated carbocycles. The second-order valence-electron chi connectivity index (χ2n) is 4.06. The van der Waals surface area contributed by atoms with E-state index in [4.69, 9.17) is 0 Å². The van der Waals surface area contributed by atoms with Gasteiger partial charge in [-0.05, 0) is 43.7 Å². The van der Waals surface area contributed by atoms with Crippen LogP contribution in [0.3, 0.4) is 0 Å². The summed E-state index contributed by atoms with van der Waals surface area (Å²) in [5, 5.41) is 3.15. The monoisotopic (exact) mass is 334 g/mol. The Labute approximate surface area is 117 Å². The van der Waals surface area contributed by atoms with E-state index in [0.717, 1.165) is 23.0 Å². The fourth-order valence-electron chi connectivity index (χ4n) is 1.44. The number of rotatable bonds is 7. The van der Waals surface area contributed by atoms with E-state index in [0.29, 0.717) is 18.0 Å². The van der Waals surface area contributed by atoms with Crippen LogP contribution in [-0.2, 0) is 10.0 Å². The smallest absolute Gasteiger partial charge is 0.240 e. The van der Waals surface area contributed by atoms with Crippen LogP contribution in [0.15, 0.2) is 27.6 Å². The average molecular weight is 335 g/mol. The Balaban J connectivity index is 2.60. The lowest BCUT2D eigenvalue weighted by Crippen LogP contribution is -2.32. The summed E-state index contributed by atoms with van der Waals surface area (Å²) in [7, 11) is -3.40. The zero-order valence-electron chi connectivity index (χ0n) is 10.7. The lowest BCUT2D eigenvalue weighted by atomic mass is 10.2. The Kier molecular flexibility index (Phi) is 6.28. The molecule has 0 atom stereocenters. The molecule has 1 aromatic carbocycles. The standard InChI is InChI=1S/C12H19BrN2O2S/c1-3-6-14-7-8-15-18(16,17)11-4-5-12(13)10(2)9-11/h4-5,9,14-15H,3,6-8H2,1-2H3. The summed E-state index contributed by atoms with van der Waals surface area (Å²) in [6.45, 7) is 5.88. The molecule has 0 unspecified atom stereocenters. The van der Waals surface area contributed by atoms with Crippen molar-refractivity contribution in [2.24, 2.45) is 0 Å². The van der Waals surface area contributed by atoms with E-state index in [1.54, 1.807) is 18.2 Å². The van der Waals surface area contributed by atoms with Crippen LogP contribution < -0.4 is 10.0 Å². The molecular formula is C12H19BrN2O2S. The molecule has 0 aromatic heterocycles. The van der Waals surface area contributed by atoms with Crippen LogP contribution >= 0.6 is 15.9 Å². The van der Waals surface area contributed by atoms with Gasteiger partial charge in [0, 0.05) is 17.6 Å². The van der Waals surface area contributed by atoms with Gasteiger partial charge in [0.15, 0.2) is 0 Å². The molecule has 0 saturated heterocycles. The van der Waals surface area contributed by atoms with Crippen molar-refractivity contribution in [3.63, 3.8) is 0 Å². The number of hydrogen-bond donors (Lipinski definition) is 2. The lowest BCUT2D eigenvalue weighted by molar-refractivity contribution is 0.575. The number of aryl methyl sites for hydroxylation is 1. The van der Waals surface area contributed by atoms with Crippen LogP contribution in [0, 0.1) is 6.92 Å². The molecule has 0 fully saturated rings. The Bertz CT molecular complexity index is 489. The van der Waals surface area contributed by atoms with Gasteiger partial charge in [0.2, 0.25) is 10.0 Å². The summed E-state index contributed by atoms with van der Waals surface area (Å²) in [5.41, 5.74) is 0.905. The molecule has 102 valence electrons. The van der Waals surface area contributed by atoms with Crippen LogP contribution in [0.2, 0.25) is 0 Å². The predicted octanol–water partition coefficient (Wildman–Crippen LogP) is 2.04. The van der Waals surface area contributed by atoms with Gasteiger partial charge in [-0.3, -0.25) is 0 Å². The van der Waals surface area contributed by atoms with E-state index in [2.05, 4.69) is 32.9 Å². The van der Waals surface area contributed by atoms with Gasteiger partial charge in [-0.1, -0.05) is 22.9 Å². The van der Waals surface area contributed by atoms with Gasteiger partial charge < -0.3 is 5.32 Å². The average Bonchev–Trinajstić information content (AvgIpc) is 2.32. The molecule has 0 bridgehead atoms. The minimum Gasteiger partial charge on any atom is -0.315 e. The number of hydrogen-bond acceptors (Lipinski definition) is 3. The third-order valence-corrected chi connectivity index (χ3v) is 4.81. The van der Waals surface area contributed by atoms with E-state index in [9.17, 15) is 8.42 Å². The Morgan fingerprint density at radius 2 is 1.94 bits per heavy atom. The van der Waals surface area contributed by atoms with Crippen LogP contribution in [0.4, 0.5) is 0 Å². The maximum atomic E-state index is 12.0. The molecule has 0 spiro atoms. The van der Waals surface area contributed by atoms with Crippen LogP contribution in [0.5, 0.6) is 0 Å². The summed E-state index contributed by atoms with van der Waals surface area (Å²) in [6.07, 6.45) is 1.04. The maximum absolute atomic E-state index is 12.0. The van der Waals surface area contributed by atoms with Gasteiger partial charge in [-0.25, -0.2) is 13.1 Å². The third kappa shape index (κ3) is 4.68. The zero-order valence-corrected chi connectivity index (χ0v) is 13.1. The van der Waals surface area contributed by atoms with E-state index >= 15 is 0 Å². The van der Waals surface area contributed by atoms with Gasteiger partial charge in [0.1, 0.15) is 0 Å². The zero-order chi connectivity index (χ0) is 13.6. The van der Waals surface area contributed by atoms with Crippen molar-refractivity contribution in [2.75, 3.05) is 19.6 Å². The molecule has 0 aliphatic carbocycles. The van der Waals surface area contributed by atoms with Gasteiger partial charge in [0.25, 0.3) is 0 Å². The molecular weight excluding hydrogens is 316 g/mol. The molecule has 1 rings (SSSR count). The van der Waals surface area contributed by atoms with Crippen molar-refractivity contribution in [1.82, 2.24) is 10.0 Å². The highest BCUT2D eigenvalue weighted by molar-refractivity contribution is 9.10. The highest BCUT2D eigenvalue weighted by atomic mass is 79.9. The van der Waals surface area contributed by atoms with Crippen LogP contribution in [0.1, 0.15) is 18.9 Å². The summed E-state index contributed by atoms with van der Waals surface area (Å²) in [4.78, 5) is 0.304. The van der Waals surface area contributed by atoms with Gasteiger partial charge >= 0.3 is 0 Å². The van der Waals surface area contributed by atoms with E-state index in [-0.39, 0.29) is 0 Å². The summed E-state index contributed by atoms with van der Waals surface area (Å²) >= 11 is 3.35. The summed E-state index contributed by atoms with van der Waals surface area (Å²) in [5.74, 6) is 0. The quantitative estimate of drug-likeness (QED) is 0.750. The van der Waals surface area contributed by atoms with Crippen LogP contribution in [-0.4, -0.2) is 28.1 Å². The van der Waals surface area contributed by atoms with Gasteiger partial charge in [-0.2, -0.15) is 0 Å². The molecule has 0 amide bonds. The molecule has 6 heteroatoms. The first kappa shape index (κ1) is 15.6. The molecule has 0 aliphatic heterocycles. The van der Waals surface area contributed by atoms with Crippen LogP contribution in [0.25, 0.3) is 0 Å². The Morgan fingerprint density at radius 1 is 1.22 bits per heavy atom. The SMILES string of the molecule is CCCNCCNS(=O)(=O)c1ccc(Br)c(C)c1. The van der Waals surface area contributed by atoms with Crippen molar-refractivity contribution in [1.29, 1.82) is 0 Å². The molecule has 18 heavy (non-hydrogen) atoms. The maximum Gasteiger partial charge on any atom is 0.240 e. The van der Waals surface area contributed by atoms with E-state index < -0.39 is 10.0 Å². The summed E-state index contributed by atoms with van der Waals surface area (Å²) < 4.78 is 27.4. The predicted molar refractivity (Wildman–Crippen MR) is 77.2 cm³/mol. The van der Waals surface area contributed by atoms with E-state index in [1.165, 1.54) is 0 Å².